The van der Waals surface area contributed by atoms with Crippen molar-refractivity contribution in [1.29, 1.82) is 0 Å². The normalized spacial score (nSPS) is 10.4. The Hall–Kier alpha value is -1.10. The second-order valence-electron chi connectivity index (χ2n) is 3.16. The molecule has 0 bridgehead atoms. The van der Waals surface area contributed by atoms with E-state index in [0.717, 1.165) is 10.7 Å². The molecule has 0 atom stereocenters. The molecule has 84 valence electrons. The molecule has 1 aromatic carbocycles. The summed E-state index contributed by atoms with van der Waals surface area (Å²) in [6, 6.07) is 7.38. The van der Waals surface area contributed by atoms with Gasteiger partial charge in [0.1, 0.15) is 17.4 Å². The molecule has 3 nitrogen and oxygen atoms in total. The molecule has 16 heavy (non-hydrogen) atoms. The number of benzene rings is 1. The lowest BCUT2D eigenvalue weighted by Gasteiger charge is -2.05. The molecule has 2 aromatic rings. The largest absolute Gasteiger partial charge is 0.485 e. The molecule has 0 saturated carbocycles. The average molecular weight is 255 g/mol. The number of para-hydroxylation sites is 1. The van der Waals surface area contributed by atoms with Gasteiger partial charge in [0.2, 0.25) is 0 Å². The van der Waals surface area contributed by atoms with E-state index in [4.69, 9.17) is 22.1 Å². The quantitative estimate of drug-likeness (QED) is 0.913. The first-order chi connectivity index (χ1) is 7.79. The summed E-state index contributed by atoms with van der Waals surface area (Å²) in [5.74, 6) is 0.675. The van der Waals surface area contributed by atoms with Crippen molar-refractivity contribution in [3.8, 4) is 5.75 Å². The summed E-state index contributed by atoms with van der Waals surface area (Å²) in [4.78, 5) is 4.30. The highest BCUT2D eigenvalue weighted by molar-refractivity contribution is 7.09. The van der Waals surface area contributed by atoms with Gasteiger partial charge in [0, 0.05) is 11.9 Å². The van der Waals surface area contributed by atoms with Crippen LogP contribution < -0.4 is 10.5 Å². The van der Waals surface area contributed by atoms with Crippen LogP contribution in [-0.2, 0) is 13.2 Å². The topological polar surface area (TPSA) is 48.1 Å². The van der Waals surface area contributed by atoms with Crippen molar-refractivity contribution in [3.63, 3.8) is 0 Å². The van der Waals surface area contributed by atoms with Crippen LogP contribution in [0.4, 0.5) is 0 Å². The Bertz CT molecular complexity index is 473. The number of hydrogen-bond donors (Lipinski definition) is 1. The maximum absolute atomic E-state index is 5.96. The molecule has 0 unspecified atom stereocenters. The van der Waals surface area contributed by atoms with Gasteiger partial charge in [-0.05, 0) is 12.1 Å². The second-order valence-corrected chi connectivity index (χ2v) is 4.51. The fourth-order valence-corrected chi connectivity index (χ4v) is 2.12. The van der Waals surface area contributed by atoms with Gasteiger partial charge in [0.15, 0.2) is 0 Å². The zero-order chi connectivity index (χ0) is 11.4. The Labute approximate surface area is 103 Å². The Morgan fingerprint density at radius 1 is 1.38 bits per heavy atom. The van der Waals surface area contributed by atoms with Crippen LogP contribution in [0.2, 0.25) is 5.02 Å². The molecule has 0 aliphatic carbocycles. The van der Waals surface area contributed by atoms with Gasteiger partial charge in [-0.2, -0.15) is 0 Å². The lowest BCUT2D eigenvalue weighted by Crippen LogP contribution is -1.99. The van der Waals surface area contributed by atoms with Crippen LogP contribution in [0.25, 0.3) is 0 Å². The smallest absolute Gasteiger partial charge is 0.140 e. The number of ether oxygens (including phenoxy) is 1. The van der Waals surface area contributed by atoms with E-state index in [1.54, 1.807) is 17.4 Å². The highest BCUT2D eigenvalue weighted by Gasteiger charge is 2.03. The second kappa shape index (κ2) is 5.30. The van der Waals surface area contributed by atoms with Gasteiger partial charge in [-0.15, -0.1) is 11.3 Å². The molecule has 2 rings (SSSR count). The summed E-state index contributed by atoms with van der Waals surface area (Å²) in [7, 11) is 0. The number of rotatable bonds is 4. The highest BCUT2D eigenvalue weighted by atomic mass is 35.5. The van der Waals surface area contributed by atoms with Crippen LogP contribution in [0.5, 0.6) is 5.75 Å². The first-order valence-corrected chi connectivity index (χ1v) is 6.06. The van der Waals surface area contributed by atoms with Crippen molar-refractivity contribution in [2.75, 3.05) is 0 Å². The van der Waals surface area contributed by atoms with Crippen LogP contribution in [0.3, 0.4) is 0 Å². The van der Waals surface area contributed by atoms with E-state index in [2.05, 4.69) is 4.98 Å². The number of nitrogens with zero attached hydrogens (tertiary/aromatic N) is 1. The summed E-state index contributed by atoms with van der Waals surface area (Å²) in [5, 5.41) is 3.45. The van der Waals surface area contributed by atoms with Crippen LogP contribution in [0, 0.1) is 0 Å². The standard InChI is InChI=1S/C11H11ClN2OS/c12-9-3-1-2-4-10(9)15-6-11-14-8(5-13)7-16-11/h1-4,7H,5-6,13H2. The number of aromatic nitrogens is 1. The maximum atomic E-state index is 5.96. The van der Waals surface area contributed by atoms with Gasteiger partial charge in [0.05, 0.1) is 10.7 Å². The average Bonchev–Trinajstić information content (AvgIpc) is 2.76. The zero-order valence-corrected chi connectivity index (χ0v) is 10.1. The first kappa shape index (κ1) is 11.4. The number of thiazole rings is 1. The predicted molar refractivity (Wildman–Crippen MR) is 65.8 cm³/mol. The van der Waals surface area contributed by atoms with Crippen molar-refractivity contribution < 1.29 is 4.74 Å². The van der Waals surface area contributed by atoms with Crippen LogP contribution in [0.15, 0.2) is 29.6 Å². The Kier molecular flexibility index (Phi) is 3.77. The van der Waals surface area contributed by atoms with Crippen molar-refractivity contribution in [3.05, 3.63) is 45.4 Å². The molecule has 1 heterocycles. The summed E-state index contributed by atoms with van der Waals surface area (Å²) in [6.45, 7) is 0.886. The van der Waals surface area contributed by atoms with Crippen molar-refractivity contribution >= 4 is 22.9 Å². The third-order valence-corrected chi connectivity index (χ3v) is 3.18. The first-order valence-electron chi connectivity index (χ1n) is 4.80. The summed E-state index contributed by atoms with van der Waals surface area (Å²) < 4.78 is 5.56. The number of nitrogens with two attached hydrogens (primary N) is 1. The fourth-order valence-electron chi connectivity index (χ4n) is 1.21. The monoisotopic (exact) mass is 254 g/mol. The minimum atomic E-state index is 0.425. The van der Waals surface area contributed by atoms with Crippen LogP contribution >= 0.6 is 22.9 Å². The van der Waals surface area contributed by atoms with Gasteiger partial charge in [0.25, 0.3) is 0 Å². The zero-order valence-electron chi connectivity index (χ0n) is 8.52. The van der Waals surface area contributed by atoms with Gasteiger partial charge >= 0.3 is 0 Å². The molecule has 0 radical (unpaired) electrons. The molecule has 0 aliphatic rings. The molecule has 5 heteroatoms. The van der Waals surface area contributed by atoms with Crippen molar-refractivity contribution in [2.45, 2.75) is 13.2 Å². The van der Waals surface area contributed by atoms with E-state index in [1.165, 1.54) is 0 Å². The molecule has 0 aliphatic heterocycles. The van der Waals surface area contributed by atoms with Gasteiger partial charge in [-0.25, -0.2) is 4.98 Å². The molecule has 0 amide bonds. The number of halogens is 1. The van der Waals surface area contributed by atoms with E-state index in [-0.39, 0.29) is 0 Å². The molecule has 0 spiro atoms. The van der Waals surface area contributed by atoms with E-state index in [0.29, 0.717) is 23.9 Å². The molecular weight excluding hydrogens is 244 g/mol. The lowest BCUT2D eigenvalue weighted by atomic mass is 10.3. The summed E-state index contributed by atoms with van der Waals surface area (Å²) in [5.41, 5.74) is 6.37. The Balaban J connectivity index is 1.99. The van der Waals surface area contributed by atoms with Crippen molar-refractivity contribution in [2.24, 2.45) is 5.73 Å². The Morgan fingerprint density at radius 2 is 2.19 bits per heavy atom. The van der Waals surface area contributed by atoms with Crippen molar-refractivity contribution in [1.82, 2.24) is 4.98 Å². The molecule has 0 fully saturated rings. The van der Waals surface area contributed by atoms with Crippen LogP contribution in [0.1, 0.15) is 10.7 Å². The third-order valence-electron chi connectivity index (χ3n) is 2.00. The van der Waals surface area contributed by atoms with E-state index < -0.39 is 0 Å². The van der Waals surface area contributed by atoms with Crippen LogP contribution in [-0.4, -0.2) is 4.98 Å². The summed E-state index contributed by atoms with van der Waals surface area (Å²) >= 11 is 7.50. The summed E-state index contributed by atoms with van der Waals surface area (Å²) in [6.07, 6.45) is 0. The van der Waals surface area contributed by atoms with Gasteiger partial charge < -0.3 is 10.5 Å². The maximum Gasteiger partial charge on any atom is 0.140 e. The SMILES string of the molecule is NCc1csc(COc2ccccc2Cl)n1. The molecule has 1 aromatic heterocycles. The molecular formula is C11H11ClN2OS. The fraction of sp³-hybridized carbons (Fsp3) is 0.182. The molecule has 0 saturated heterocycles. The van der Waals surface area contributed by atoms with E-state index in [9.17, 15) is 0 Å². The van der Waals surface area contributed by atoms with Gasteiger partial charge in [-0.1, -0.05) is 23.7 Å². The Morgan fingerprint density at radius 3 is 2.88 bits per heavy atom. The van der Waals surface area contributed by atoms with E-state index >= 15 is 0 Å². The lowest BCUT2D eigenvalue weighted by molar-refractivity contribution is 0.305. The highest BCUT2D eigenvalue weighted by Crippen LogP contribution is 2.24. The minimum absolute atomic E-state index is 0.425. The predicted octanol–water partition coefficient (Wildman–Crippen LogP) is 2.83. The van der Waals surface area contributed by atoms with Gasteiger partial charge in [-0.3, -0.25) is 0 Å². The minimum Gasteiger partial charge on any atom is -0.485 e. The molecule has 2 N–H and O–H groups in total. The third kappa shape index (κ3) is 2.72. The number of hydrogen-bond acceptors (Lipinski definition) is 4. The van der Waals surface area contributed by atoms with E-state index in [1.807, 2.05) is 23.6 Å².